The Labute approximate surface area is 166 Å². The standard InChI is InChI=1S/C20H16BrN3O.ClH/c21-13-8-9-19-17(11-13)20(24-25-19)16-7-2-1-6-15(16)18(22)12-14-5-3-4-10-23-14;/h1-11,18H,12,22H2;1H/t18-;/m0./s1. The Balaban J connectivity index is 0.00000196. The molecule has 0 aliphatic heterocycles. The summed E-state index contributed by atoms with van der Waals surface area (Å²) in [7, 11) is 0. The highest BCUT2D eigenvalue weighted by molar-refractivity contribution is 9.10. The number of nitrogens with zero attached hydrogens (tertiary/aromatic N) is 2. The summed E-state index contributed by atoms with van der Waals surface area (Å²) in [4.78, 5) is 4.38. The fraction of sp³-hybridized carbons (Fsp3) is 0.100. The van der Waals surface area contributed by atoms with Gasteiger partial charge in [-0.3, -0.25) is 4.98 Å². The number of aromatic nitrogens is 2. The molecule has 2 heterocycles. The lowest BCUT2D eigenvalue weighted by Gasteiger charge is -2.15. The number of fused-ring (bicyclic) bond motifs is 1. The largest absolute Gasteiger partial charge is 0.356 e. The third-order valence-corrected chi connectivity index (χ3v) is 4.70. The van der Waals surface area contributed by atoms with Gasteiger partial charge in [0.1, 0.15) is 5.69 Å². The molecular formula is C20H17BrClN3O. The van der Waals surface area contributed by atoms with Crippen molar-refractivity contribution in [3.8, 4) is 11.3 Å². The van der Waals surface area contributed by atoms with Gasteiger partial charge in [0.25, 0.3) is 0 Å². The first-order valence-electron chi connectivity index (χ1n) is 8.02. The maximum absolute atomic E-state index is 6.50. The molecule has 1 atom stereocenters. The van der Waals surface area contributed by atoms with Crippen LogP contribution in [0.5, 0.6) is 0 Å². The van der Waals surface area contributed by atoms with Crippen LogP contribution >= 0.6 is 28.3 Å². The summed E-state index contributed by atoms with van der Waals surface area (Å²) in [6, 6.07) is 19.6. The van der Waals surface area contributed by atoms with Crippen molar-refractivity contribution in [2.75, 3.05) is 0 Å². The number of hydrogen-bond acceptors (Lipinski definition) is 4. The molecule has 0 saturated carbocycles. The van der Waals surface area contributed by atoms with Gasteiger partial charge in [0.15, 0.2) is 5.58 Å². The van der Waals surface area contributed by atoms with Crippen LogP contribution in [-0.2, 0) is 6.42 Å². The Kier molecular flexibility index (Phi) is 5.71. The molecule has 4 rings (SSSR count). The van der Waals surface area contributed by atoms with Crippen LogP contribution in [0.4, 0.5) is 0 Å². The molecule has 2 N–H and O–H groups in total. The molecule has 2 aromatic heterocycles. The van der Waals surface area contributed by atoms with Gasteiger partial charge in [-0.25, -0.2) is 0 Å². The minimum Gasteiger partial charge on any atom is -0.356 e. The molecular weight excluding hydrogens is 414 g/mol. The van der Waals surface area contributed by atoms with Gasteiger partial charge in [-0.1, -0.05) is 51.4 Å². The van der Waals surface area contributed by atoms with Crippen molar-refractivity contribution >= 4 is 39.3 Å². The molecule has 0 radical (unpaired) electrons. The number of benzene rings is 2. The van der Waals surface area contributed by atoms with Crippen molar-refractivity contribution in [2.45, 2.75) is 12.5 Å². The molecule has 0 aliphatic carbocycles. The molecule has 0 unspecified atom stereocenters. The zero-order valence-corrected chi connectivity index (χ0v) is 16.2. The predicted molar refractivity (Wildman–Crippen MR) is 109 cm³/mol. The van der Waals surface area contributed by atoms with E-state index in [1.807, 2.05) is 60.7 Å². The quantitative estimate of drug-likeness (QED) is 0.476. The van der Waals surface area contributed by atoms with Crippen LogP contribution in [0, 0.1) is 0 Å². The van der Waals surface area contributed by atoms with Crippen LogP contribution in [0.15, 0.2) is 75.9 Å². The molecule has 6 heteroatoms. The smallest absolute Gasteiger partial charge is 0.167 e. The lowest BCUT2D eigenvalue weighted by atomic mass is 9.94. The summed E-state index contributed by atoms with van der Waals surface area (Å²) in [6.45, 7) is 0. The Morgan fingerprint density at radius 2 is 1.85 bits per heavy atom. The first kappa shape index (κ1) is 18.6. The summed E-state index contributed by atoms with van der Waals surface area (Å²) in [5.74, 6) is 0. The SMILES string of the molecule is Cl.N[C@@H](Cc1ccccn1)c1ccccc1-c1noc2ccc(Br)cc12. The number of hydrogen-bond donors (Lipinski definition) is 1. The van der Waals surface area contributed by atoms with Crippen molar-refractivity contribution in [3.05, 3.63) is 82.6 Å². The third kappa shape index (κ3) is 3.65. The van der Waals surface area contributed by atoms with Crippen molar-refractivity contribution < 1.29 is 4.52 Å². The molecule has 2 aromatic carbocycles. The van der Waals surface area contributed by atoms with Crippen molar-refractivity contribution in [1.29, 1.82) is 0 Å². The molecule has 0 aliphatic rings. The number of nitrogens with two attached hydrogens (primary N) is 1. The molecule has 132 valence electrons. The molecule has 0 fully saturated rings. The van der Waals surface area contributed by atoms with Gasteiger partial charge in [0, 0.05) is 34.4 Å². The molecule has 0 spiro atoms. The van der Waals surface area contributed by atoms with Crippen molar-refractivity contribution in [2.24, 2.45) is 5.73 Å². The van der Waals surface area contributed by atoms with Crippen LogP contribution < -0.4 is 5.73 Å². The fourth-order valence-corrected chi connectivity index (χ4v) is 3.36. The molecule has 26 heavy (non-hydrogen) atoms. The van der Waals surface area contributed by atoms with E-state index in [4.69, 9.17) is 10.3 Å². The summed E-state index contributed by atoms with van der Waals surface area (Å²) in [5.41, 5.74) is 11.1. The molecule has 0 bridgehead atoms. The van der Waals surface area contributed by atoms with Crippen LogP contribution in [-0.4, -0.2) is 10.1 Å². The fourth-order valence-electron chi connectivity index (χ4n) is 3.00. The van der Waals surface area contributed by atoms with Gasteiger partial charge in [-0.2, -0.15) is 0 Å². The average molecular weight is 431 g/mol. The first-order chi connectivity index (χ1) is 12.2. The number of halogens is 2. The van der Waals surface area contributed by atoms with Crippen LogP contribution in [0.3, 0.4) is 0 Å². The normalized spacial score (nSPS) is 11.9. The molecule has 4 nitrogen and oxygen atoms in total. The minimum atomic E-state index is -0.176. The summed E-state index contributed by atoms with van der Waals surface area (Å²) in [6.07, 6.45) is 2.45. The highest BCUT2D eigenvalue weighted by Crippen LogP contribution is 2.34. The maximum atomic E-state index is 6.50. The monoisotopic (exact) mass is 429 g/mol. The van der Waals surface area contributed by atoms with Gasteiger partial charge in [-0.15, -0.1) is 12.4 Å². The van der Waals surface area contributed by atoms with Crippen molar-refractivity contribution in [1.82, 2.24) is 10.1 Å². The molecule has 4 aromatic rings. The van der Waals surface area contributed by atoms with E-state index in [1.54, 1.807) is 6.20 Å². The van der Waals surface area contributed by atoms with E-state index in [0.29, 0.717) is 6.42 Å². The second-order valence-electron chi connectivity index (χ2n) is 5.89. The Bertz CT molecular complexity index is 1020. The third-order valence-electron chi connectivity index (χ3n) is 4.20. The van der Waals surface area contributed by atoms with E-state index in [0.717, 1.165) is 38.0 Å². The Morgan fingerprint density at radius 3 is 2.65 bits per heavy atom. The van der Waals surface area contributed by atoms with Gasteiger partial charge >= 0.3 is 0 Å². The highest BCUT2D eigenvalue weighted by atomic mass is 79.9. The van der Waals surface area contributed by atoms with Gasteiger partial charge in [-0.05, 0) is 35.9 Å². The van der Waals surface area contributed by atoms with Crippen molar-refractivity contribution in [3.63, 3.8) is 0 Å². The molecule has 0 amide bonds. The summed E-state index contributed by atoms with van der Waals surface area (Å²) < 4.78 is 6.47. The van der Waals surface area contributed by atoms with Gasteiger partial charge in [0.2, 0.25) is 0 Å². The topological polar surface area (TPSA) is 64.9 Å². The van der Waals surface area contributed by atoms with Gasteiger partial charge < -0.3 is 10.3 Å². The average Bonchev–Trinajstić information content (AvgIpc) is 3.05. The first-order valence-corrected chi connectivity index (χ1v) is 8.81. The zero-order chi connectivity index (χ0) is 17.2. The van der Waals surface area contributed by atoms with E-state index in [-0.39, 0.29) is 18.4 Å². The van der Waals surface area contributed by atoms with E-state index >= 15 is 0 Å². The maximum Gasteiger partial charge on any atom is 0.167 e. The van der Waals surface area contributed by atoms with E-state index in [9.17, 15) is 0 Å². The zero-order valence-electron chi connectivity index (χ0n) is 13.8. The minimum absolute atomic E-state index is 0. The van der Waals surface area contributed by atoms with E-state index < -0.39 is 0 Å². The number of pyridine rings is 1. The Morgan fingerprint density at radius 1 is 1.04 bits per heavy atom. The second-order valence-corrected chi connectivity index (χ2v) is 6.81. The summed E-state index contributed by atoms with van der Waals surface area (Å²) >= 11 is 3.51. The second kappa shape index (κ2) is 7.99. The van der Waals surface area contributed by atoms with Crippen LogP contribution in [0.25, 0.3) is 22.2 Å². The highest BCUT2D eigenvalue weighted by Gasteiger charge is 2.18. The predicted octanol–water partition coefficient (Wildman–Crippen LogP) is 5.32. The van der Waals surface area contributed by atoms with E-state index in [1.165, 1.54) is 0 Å². The lowest BCUT2D eigenvalue weighted by molar-refractivity contribution is 0.459. The van der Waals surface area contributed by atoms with Gasteiger partial charge in [0.05, 0.1) is 5.39 Å². The summed E-state index contributed by atoms with van der Waals surface area (Å²) in [5, 5.41) is 5.25. The lowest BCUT2D eigenvalue weighted by Crippen LogP contribution is -2.15. The Hall–Kier alpha value is -2.21. The van der Waals surface area contributed by atoms with E-state index in [2.05, 4.69) is 26.1 Å². The molecule has 0 saturated heterocycles. The van der Waals surface area contributed by atoms with Crippen LogP contribution in [0.2, 0.25) is 0 Å². The van der Waals surface area contributed by atoms with Crippen LogP contribution in [0.1, 0.15) is 17.3 Å². The number of rotatable bonds is 4.